The topological polar surface area (TPSA) is 111 Å². The molecule has 0 fully saturated rings. The van der Waals surface area contributed by atoms with Gasteiger partial charge in [-0.2, -0.15) is 0 Å². The van der Waals surface area contributed by atoms with Crippen molar-refractivity contribution in [1.82, 2.24) is 0 Å². The molecule has 0 heterocycles. The van der Waals surface area contributed by atoms with Gasteiger partial charge in [-0.25, -0.2) is 0 Å². The van der Waals surface area contributed by atoms with Crippen molar-refractivity contribution < 1.29 is 29.2 Å². The molecule has 0 aliphatic carbocycles. The van der Waals surface area contributed by atoms with Gasteiger partial charge in [0.25, 0.3) is 0 Å². The van der Waals surface area contributed by atoms with Gasteiger partial charge in [0.2, 0.25) is 0 Å². The molecule has 7 nitrogen and oxygen atoms in total. The number of carbonyl (C=O) groups is 1. The number of benzene rings is 1. The smallest absolute Gasteiger partial charge is 0.306 e. The minimum atomic E-state index is -0.920. The largest absolute Gasteiger partial charge is 0.493 e. The van der Waals surface area contributed by atoms with Crippen molar-refractivity contribution in [3.8, 4) is 11.5 Å². The lowest BCUT2D eigenvalue weighted by molar-refractivity contribution is -0.142. The van der Waals surface area contributed by atoms with Crippen LogP contribution in [-0.4, -0.2) is 55.8 Å². The Morgan fingerprint density at radius 3 is 2.34 bits per heavy atom. The second-order valence-electron chi connectivity index (χ2n) is 7.98. The van der Waals surface area contributed by atoms with Gasteiger partial charge in [0, 0.05) is 13.2 Å². The highest BCUT2D eigenvalue weighted by atomic mass is 16.5. The van der Waals surface area contributed by atoms with Crippen LogP contribution in [0.3, 0.4) is 0 Å². The fourth-order valence-electron chi connectivity index (χ4n) is 3.23. The highest BCUT2D eigenvalue weighted by molar-refractivity contribution is 5.69. The molecule has 0 aromatic heterocycles. The standard InChI is InChI=1S/C22H37NO6/c1-14(2)17(13-18(23)19(24)10-15(3)22(25)26)11-16-6-7-20(28-5)21(12-16)29-9-8-27-4/h6-7,12,14-15,17-19,24H,8-11,13,23H2,1-5H3,(H,25,26)/t15-,17+,18+,19+/m1/s1. The zero-order chi connectivity index (χ0) is 22.0. The van der Waals surface area contributed by atoms with Crippen LogP contribution < -0.4 is 15.2 Å². The Kier molecular flexibility index (Phi) is 11.0. The Morgan fingerprint density at radius 1 is 1.10 bits per heavy atom. The summed E-state index contributed by atoms with van der Waals surface area (Å²) in [6, 6.07) is 5.39. The Hall–Kier alpha value is -1.83. The van der Waals surface area contributed by atoms with Crippen molar-refractivity contribution in [2.75, 3.05) is 27.4 Å². The highest BCUT2D eigenvalue weighted by Crippen LogP contribution is 2.31. The van der Waals surface area contributed by atoms with Crippen LogP contribution in [0.25, 0.3) is 0 Å². The lowest BCUT2D eigenvalue weighted by Crippen LogP contribution is -2.39. The molecule has 0 unspecified atom stereocenters. The lowest BCUT2D eigenvalue weighted by atomic mass is 9.82. The van der Waals surface area contributed by atoms with E-state index in [1.165, 1.54) is 0 Å². The molecule has 4 atom stereocenters. The summed E-state index contributed by atoms with van der Waals surface area (Å²) in [6.45, 7) is 6.76. The normalized spacial score (nSPS) is 15.6. The summed E-state index contributed by atoms with van der Waals surface area (Å²) in [7, 11) is 3.23. The number of ether oxygens (including phenoxy) is 3. The average molecular weight is 412 g/mol. The van der Waals surface area contributed by atoms with Gasteiger partial charge in [0.1, 0.15) is 6.61 Å². The van der Waals surface area contributed by atoms with Gasteiger partial charge >= 0.3 is 5.97 Å². The zero-order valence-electron chi connectivity index (χ0n) is 18.3. The molecule has 29 heavy (non-hydrogen) atoms. The molecule has 0 saturated heterocycles. The fourth-order valence-corrected chi connectivity index (χ4v) is 3.23. The molecule has 0 amide bonds. The van der Waals surface area contributed by atoms with Crippen molar-refractivity contribution in [3.63, 3.8) is 0 Å². The molecule has 0 bridgehead atoms. The van der Waals surface area contributed by atoms with Gasteiger partial charge in [-0.05, 0) is 48.8 Å². The summed E-state index contributed by atoms with van der Waals surface area (Å²) in [4.78, 5) is 11.0. The van der Waals surface area contributed by atoms with E-state index in [9.17, 15) is 9.90 Å². The Labute approximate surface area is 174 Å². The Morgan fingerprint density at radius 2 is 1.79 bits per heavy atom. The van der Waals surface area contributed by atoms with Gasteiger partial charge in [-0.15, -0.1) is 0 Å². The summed E-state index contributed by atoms with van der Waals surface area (Å²) >= 11 is 0. The van der Waals surface area contributed by atoms with Crippen LogP contribution >= 0.6 is 0 Å². The molecule has 0 spiro atoms. The van der Waals surface area contributed by atoms with Crippen molar-refractivity contribution in [3.05, 3.63) is 23.8 Å². The number of aliphatic hydroxyl groups is 1. The number of carboxylic acid groups (broad SMARTS) is 1. The van der Waals surface area contributed by atoms with Gasteiger partial charge < -0.3 is 30.2 Å². The van der Waals surface area contributed by atoms with Gasteiger partial charge in [-0.1, -0.05) is 26.8 Å². The van der Waals surface area contributed by atoms with Crippen LogP contribution in [-0.2, 0) is 16.0 Å². The third kappa shape index (κ3) is 8.60. The first kappa shape index (κ1) is 25.2. The predicted molar refractivity (Wildman–Crippen MR) is 112 cm³/mol. The van der Waals surface area contributed by atoms with E-state index in [4.69, 9.17) is 25.1 Å². The summed E-state index contributed by atoms with van der Waals surface area (Å²) in [5, 5.41) is 19.4. The maximum absolute atomic E-state index is 11.0. The van der Waals surface area contributed by atoms with Crippen LogP contribution in [0.5, 0.6) is 11.5 Å². The number of nitrogens with two attached hydrogens (primary N) is 1. The monoisotopic (exact) mass is 411 g/mol. The van der Waals surface area contributed by atoms with Crippen molar-refractivity contribution >= 4 is 5.97 Å². The molecule has 0 aliphatic heterocycles. The zero-order valence-corrected chi connectivity index (χ0v) is 18.3. The van der Waals surface area contributed by atoms with Crippen LogP contribution in [0.4, 0.5) is 0 Å². The van der Waals surface area contributed by atoms with Crippen molar-refractivity contribution in [1.29, 1.82) is 0 Å². The maximum atomic E-state index is 11.0. The van der Waals surface area contributed by atoms with E-state index in [2.05, 4.69) is 13.8 Å². The highest BCUT2D eigenvalue weighted by Gasteiger charge is 2.26. The van der Waals surface area contributed by atoms with Gasteiger partial charge in [0.05, 0.1) is 25.7 Å². The minimum absolute atomic E-state index is 0.154. The first-order chi connectivity index (χ1) is 13.7. The molecule has 166 valence electrons. The Bertz CT molecular complexity index is 621. The van der Waals surface area contributed by atoms with Crippen LogP contribution in [0, 0.1) is 17.8 Å². The molecule has 0 aliphatic rings. The van der Waals surface area contributed by atoms with Gasteiger partial charge in [0.15, 0.2) is 11.5 Å². The predicted octanol–water partition coefficient (Wildman–Crippen LogP) is 2.72. The van der Waals surface area contributed by atoms with Crippen LogP contribution in [0.15, 0.2) is 18.2 Å². The summed E-state index contributed by atoms with van der Waals surface area (Å²) < 4.78 is 16.2. The minimum Gasteiger partial charge on any atom is -0.493 e. The summed E-state index contributed by atoms with van der Waals surface area (Å²) in [5.74, 6) is 0.382. The summed E-state index contributed by atoms with van der Waals surface area (Å²) in [5.41, 5.74) is 7.31. The lowest BCUT2D eigenvalue weighted by Gasteiger charge is -2.28. The average Bonchev–Trinajstić information content (AvgIpc) is 2.67. The molecule has 1 aromatic rings. The first-order valence-electron chi connectivity index (χ1n) is 10.1. The number of rotatable bonds is 14. The molecule has 1 rings (SSSR count). The van der Waals surface area contributed by atoms with Crippen molar-refractivity contribution in [2.24, 2.45) is 23.5 Å². The molecule has 1 aromatic carbocycles. The molecule has 0 radical (unpaired) electrons. The Balaban J connectivity index is 2.82. The first-order valence-corrected chi connectivity index (χ1v) is 10.1. The molecule has 0 saturated carbocycles. The molecular formula is C22H37NO6. The van der Waals surface area contributed by atoms with Crippen molar-refractivity contribution in [2.45, 2.75) is 52.2 Å². The number of aliphatic carboxylic acids is 1. The second-order valence-corrected chi connectivity index (χ2v) is 7.98. The SMILES string of the molecule is COCCOc1cc(C[C@@H](C[C@H](N)[C@@H](O)C[C@@H](C)C(=O)O)C(C)C)ccc1OC. The molecular weight excluding hydrogens is 374 g/mol. The van der Waals surface area contributed by atoms with Crippen LogP contribution in [0.2, 0.25) is 0 Å². The van der Waals surface area contributed by atoms with E-state index in [0.717, 1.165) is 12.0 Å². The van der Waals surface area contributed by atoms with E-state index < -0.39 is 24.0 Å². The maximum Gasteiger partial charge on any atom is 0.306 e. The molecule has 4 N–H and O–H groups in total. The molecule has 7 heteroatoms. The van der Waals surface area contributed by atoms with E-state index >= 15 is 0 Å². The van der Waals surface area contributed by atoms with E-state index in [0.29, 0.717) is 37.1 Å². The number of hydrogen-bond donors (Lipinski definition) is 3. The second kappa shape index (κ2) is 12.7. The van der Waals surface area contributed by atoms with E-state index in [-0.39, 0.29) is 12.3 Å². The van der Waals surface area contributed by atoms with Gasteiger partial charge in [-0.3, -0.25) is 4.79 Å². The fraction of sp³-hybridized carbons (Fsp3) is 0.682. The number of methoxy groups -OCH3 is 2. The third-order valence-electron chi connectivity index (χ3n) is 5.30. The number of carboxylic acids is 1. The number of aliphatic hydroxyl groups excluding tert-OH is 1. The number of hydrogen-bond acceptors (Lipinski definition) is 6. The van der Waals surface area contributed by atoms with Crippen LogP contribution in [0.1, 0.15) is 39.2 Å². The van der Waals surface area contributed by atoms with E-state index in [1.54, 1.807) is 21.1 Å². The summed E-state index contributed by atoms with van der Waals surface area (Å²) in [6.07, 6.45) is 0.696. The third-order valence-corrected chi connectivity index (χ3v) is 5.30. The quantitative estimate of drug-likeness (QED) is 0.404. The van der Waals surface area contributed by atoms with E-state index in [1.807, 2.05) is 18.2 Å².